The minimum Gasteiger partial charge on any atom is -0.373 e. The maximum atomic E-state index is 15.1. The van der Waals surface area contributed by atoms with Crippen LogP contribution in [-0.2, 0) is 22.1 Å². The second kappa shape index (κ2) is 19.0. The number of rotatable bonds is 10. The van der Waals surface area contributed by atoms with E-state index in [0.717, 1.165) is 45.0 Å². The van der Waals surface area contributed by atoms with Gasteiger partial charge in [-0.2, -0.15) is 8.78 Å². The lowest BCUT2D eigenvalue weighted by molar-refractivity contribution is -0.119. The van der Waals surface area contributed by atoms with Gasteiger partial charge in [-0.25, -0.2) is 4.72 Å². The van der Waals surface area contributed by atoms with Gasteiger partial charge in [0.05, 0.1) is 16.9 Å². The summed E-state index contributed by atoms with van der Waals surface area (Å²) in [6, 6.07) is 15.8. The maximum Gasteiger partial charge on any atom is 0.295 e. The number of benzene rings is 2. The summed E-state index contributed by atoms with van der Waals surface area (Å²) in [5.41, 5.74) is 7.12. The molecule has 3 N–H and O–H groups in total. The number of carbonyl (C=O) groups excluding carboxylic acids is 1. The van der Waals surface area contributed by atoms with Crippen molar-refractivity contribution in [2.45, 2.75) is 93.7 Å². The lowest BCUT2D eigenvalue weighted by Crippen LogP contribution is -2.41. The van der Waals surface area contributed by atoms with E-state index in [1.54, 1.807) is 24.3 Å². The van der Waals surface area contributed by atoms with Crippen LogP contribution in [0.5, 0.6) is 0 Å². The molecule has 242 valence electrons. The summed E-state index contributed by atoms with van der Waals surface area (Å²) in [5.74, 6) is -3.36. The summed E-state index contributed by atoms with van der Waals surface area (Å²) in [6.07, 6.45) is 8.84. The van der Waals surface area contributed by atoms with Gasteiger partial charge in [-0.3, -0.25) is 0 Å². The van der Waals surface area contributed by atoms with Gasteiger partial charge >= 0.3 is 0 Å². The maximum absolute atomic E-state index is 15.1. The fraction of sp³-hybridized carbons (Fsp3) is 0.500. The van der Waals surface area contributed by atoms with Gasteiger partial charge in [0.15, 0.2) is 0 Å². The fourth-order valence-electron chi connectivity index (χ4n) is 4.97. The Labute approximate surface area is 275 Å². The lowest BCUT2D eigenvalue weighted by atomic mass is 9.98. The summed E-state index contributed by atoms with van der Waals surface area (Å²) in [6.45, 7) is 6.89. The zero-order valence-electron chi connectivity index (χ0n) is 25.9. The second-order valence-electron chi connectivity index (χ2n) is 11.0. The third kappa shape index (κ3) is 11.5. The van der Waals surface area contributed by atoms with Crippen molar-refractivity contribution in [2.75, 3.05) is 20.1 Å². The Hall–Kier alpha value is -1.85. The van der Waals surface area contributed by atoms with E-state index in [-0.39, 0.29) is 11.8 Å². The number of alkyl halides is 2. The Morgan fingerprint density at radius 3 is 2.16 bits per heavy atom. The number of nitrogens with two attached hydrogens (primary N) is 1. The van der Waals surface area contributed by atoms with Crippen molar-refractivity contribution in [1.29, 1.82) is 0 Å². The SMILES string of the molecule is CC.CN1CCC(N)CC1.O=CC(NSc1ccc(COC2CCCCC2)s1)C(F)(F)c1ccc(-c2ccc(Cl)cc2)cc1. The van der Waals surface area contributed by atoms with Crippen LogP contribution in [-0.4, -0.2) is 49.5 Å². The second-order valence-corrected chi connectivity index (χ2v) is 13.7. The molecule has 1 aliphatic heterocycles. The smallest absolute Gasteiger partial charge is 0.295 e. The lowest BCUT2D eigenvalue weighted by Gasteiger charge is -2.25. The van der Waals surface area contributed by atoms with Crippen molar-refractivity contribution in [3.05, 3.63) is 76.1 Å². The van der Waals surface area contributed by atoms with Crippen LogP contribution < -0.4 is 10.5 Å². The molecular formula is C34H46ClF2N3O2S2. The van der Waals surface area contributed by atoms with Crippen molar-refractivity contribution in [1.82, 2.24) is 9.62 Å². The molecule has 44 heavy (non-hydrogen) atoms. The molecule has 3 aromatic rings. The van der Waals surface area contributed by atoms with Crippen molar-refractivity contribution >= 4 is 41.2 Å². The molecule has 5 rings (SSSR count). The number of thiophene rings is 1. The third-order valence-corrected chi connectivity index (χ3v) is 9.99. The van der Waals surface area contributed by atoms with Crippen LogP contribution in [0.25, 0.3) is 11.1 Å². The van der Waals surface area contributed by atoms with Crippen LogP contribution in [0.2, 0.25) is 5.02 Å². The number of ether oxygens (including phenoxy) is 1. The summed E-state index contributed by atoms with van der Waals surface area (Å²) >= 11 is 8.45. The Kier molecular flexibility index (Phi) is 15.8. The Balaban J connectivity index is 0.000000454. The average Bonchev–Trinajstić information content (AvgIpc) is 3.51. The molecule has 0 amide bonds. The number of halogens is 3. The largest absolute Gasteiger partial charge is 0.373 e. The van der Waals surface area contributed by atoms with Crippen LogP contribution in [0.1, 0.15) is 69.2 Å². The first-order valence-corrected chi connectivity index (χ1v) is 17.5. The molecule has 5 nitrogen and oxygen atoms in total. The van der Waals surface area contributed by atoms with Gasteiger partial charge in [-0.15, -0.1) is 11.3 Å². The quantitative estimate of drug-likeness (QED) is 0.167. The van der Waals surface area contributed by atoms with E-state index in [9.17, 15) is 4.79 Å². The predicted molar refractivity (Wildman–Crippen MR) is 182 cm³/mol. The molecule has 0 bridgehead atoms. The number of aldehydes is 1. The van der Waals surface area contributed by atoms with Crippen molar-refractivity contribution < 1.29 is 18.3 Å². The van der Waals surface area contributed by atoms with Crippen molar-refractivity contribution in [3.63, 3.8) is 0 Å². The highest BCUT2D eigenvalue weighted by Gasteiger charge is 2.41. The normalized spacial score (nSPS) is 17.2. The van der Waals surface area contributed by atoms with E-state index in [1.807, 2.05) is 38.1 Å². The molecule has 1 saturated carbocycles. The Morgan fingerprint density at radius 2 is 1.59 bits per heavy atom. The summed E-state index contributed by atoms with van der Waals surface area (Å²) < 4.78 is 39.6. The first-order valence-electron chi connectivity index (χ1n) is 15.5. The van der Waals surface area contributed by atoms with Gasteiger partial charge in [0, 0.05) is 21.5 Å². The molecule has 1 unspecified atom stereocenters. The van der Waals surface area contributed by atoms with Crippen molar-refractivity contribution in [3.8, 4) is 11.1 Å². The van der Waals surface area contributed by atoms with Gasteiger partial charge in [0.25, 0.3) is 5.92 Å². The van der Waals surface area contributed by atoms with Gasteiger partial charge in [-0.1, -0.05) is 81.1 Å². The number of nitrogens with one attached hydrogen (secondary N) is 1. The Morgan fingerprint density at radius 1 is 1.00 bits per heavy atom. The Bertz CT molecular complexity index is 1220. The number of piperidine rings is 1. The summed E-state index contributed by atoms with van der Waals surface area (Å²) in [5, 5.41) is 0.610. The predicted octanol–water partition coefficient (Wildman–Crippen LogP) is 8.94. The van der Waals surface area contributed by atoms with Crippen LogP contribution in [0.4, 0.5) is 8.78 Å². The molecule has 1 aromatic heterocycles. The molecule has 2 fully saturated rings. The molecule has 1 aliphatic carbocycles. The van der Waals surface area contributed by atoms with Gasteiger partial charge in [0.2, 0.25) is 0 Å². The first kappa shape index (κ1) is 36.6. The summed E-state index contributed by atoms with van der Waals surface area (Å²) in [4.78, 5) is 14.9. The molecule has 10 heteroatoms. The molecular weight excluding hydrogens is 620 g/mol. The first-order chi connectivity index (χ1) is 21.2. The van der Waals surface area contributed by atoms with E-state index in [0.29, 0.717) is 23.8 Å². The van der Waals surface area contributed by atoms with E-state index in [1.165, 1.54) is 68.7 Å². The highest BCUT2D eigenvalue weighted by Crippen LogP contribution is 2.35. The van der Waals surface area contributed by atoms with E-state index in [4.69, 9.17) is 22.1 Å². The van der Waals surface area contributed by atoms with E-state index in [2.05, 4.69) is 16.7 Å². The molecule has 1 atom stereocenters. The monoisotopic (exact) mass is 665 g/mol. The number of nitrogens with zero attached hydrogens (tertiary/aromatic N) is 1. The van der Waals surface area contributed by atoms with Crippen molar-refractivity contribution in [2.24, 2.45) is 5.73 Å². The minimum absolute atomic E-state index is 0.219. The molecule has 0 spiro atoms. The van der Waals surface area contributed by atoms with E-state index >= 15 is 8.78 Å². The van der Waals surface area contributed by atoms with Crippen LogP contribution in [0.15, 0.2) is 64.9 Å². The fourth-order valence-corrected chi connectivity index (χ4v) is 6.97. The number of hydrogen-bond acceptors (Lipinski definition) is 7. The highest BCUT2D eigenvalue weighted by atomic mass is 35.5. The topological polar surface area (TPSA) is 67.6 Å². The third-order valence-electron chi connectivity index (χ3n) is 7.67. The zero-order valence-corrected chi connectivity index (χ0v) is 28.3. The number of likely N-dealkylation sites (tertiary alicyclic amines) is 1. The van der Waals surface area contributed by atoms with E-state index < -0.39 is 12.0 Å². The molecule has 2 aromatic carbocycles. The van der Waals surface area contributed by atoms with Crippen LogP contribution >= 0.6 is 34.9 Å². The van der Waals surface area contributed by atoms with Gasteiger partial charge < -0.3 is 20.2 Å². The van der Waals surface area contributed by atoms with Gasteiger partial charge in [-0.05, 0) is 93.2 Å². The standard InChI is InChI=1S/C26H26ClF2NO2S2.C6H14N2.C2H6/c27-21-12-8-19(9-13-21)18-6-10-20(11-7-18)26(28,29)24(16-31)30-34-25-15-14-23(33-25)17-32-22-4-2-1-3-5-22;1-8-4-2-6(7)3-5-8;1-2/h6-16,22,24,30H,1-5,17H2;6H,2-5,7H2,1H3;1-2H3. The number of hydrogen-bond donors (Lipinski definition) is 2. The minimum atomic E-state index is -3.36. The molecule has 0 radical (unpaired) electrons. The molecule has 2 aliphatic rings. The number of carbonyl (C=O) groups is 1. The molecule has 2 heterocycles. The van der Waals surface area contributed by atoms with Crippen LogP contribution in [0.3, 0.4) is 0 Å². The molecule has 1 saturated heterocycles. The highest BCUT2D eigenvalue weighted by molar-refractivity contribution is 7.99. The summed E-state index contributed by atoms with van der Waals surface area (Å²) in [7, 11) is 2.14. The van der Waals surface area contributed by atoms with Crippen LogP contribution in [0, 0.1) is 0 Å². The zero-order chi connectivity index (χ0) is 32.0. The average molecular weight is 666 g/mol. The van der Waals surface area contributed by atoms with Gasteiger partial charge in [0.1, 0.15) is 12.3 Å².